The topological polar surface area (TPSA) is 112 Å². The Morgan fingerprint density at radius 2 is 1.70 bits per heavy atom. The zero-order chi connectivity index (χ0) is 23.8. The van der Waals surface area contributed by atoms with Crippen LogP contribution in [0.1, 0.15) is 33.4 Å². The van der Waals surface area contributed by atoms with Crippen LogP contribution >= 0.6 is 0 Å². The van der Waals surface area contributed by atoms with Gasteiger partial charge in [-0.25, -0.2) is 9.59 Å². The number of hydrogen-bond donors (Lipinski definition) is 1. The molecule has 0 radical (unpaired) electrons. The van der Waals surface area contributed by atoms with Crippen LogP contribution in [0.2, 0.25) is 0 Å². The van der Waals surface area contributed by atoms with E-state index in [1.54, 1.807) is 49.4 Å². The minimum absolute atomic E-state index is 0.227. The van der Waals surface area contributed by atoms with E-state index >= 15 is 0 Å². The molecule has 1 aromatic heterocycles. The SMILES string of the molecule is CCOC(=O)c1ccc(-c2ccc(/C=C/C(=O)c3ccc(OCC(=O)O)c(OC)c3)o2)cc1. The molecule has 2 aromatic carbocycles. The minimum Gasteiger partial charge on any atom is -0.493 e. The molecule has 8 heteroatoms. The number of hydrogen-bond acceptors (Lipinski definition) is 7. The second-order valence-electron chi connectivity index (χ2n) is 6.75. The zero-order valence-corrected chi connectivity index (χ0v) is 18.1. The predicted molar refractivity (Wildman–Crippen MR) is 120 cm³/mol. The first-order valence-electron chi connectivity index (χ1n) is 10.0. The maximum absolute atomic E-state index is 12.5. The van der Waals surface area contributed by atoms with Crippen LogP contribution in [0.5, 0.6) is 11.5 Å². The van der Waals surface area contributed by atoms with Gasteiger partial charge in [-0.1, -0.05) is 12.1 Å². The molecule has 1 N–H and O–H groups in total. The summed E-state index contributed by atoms with van der Waals surface area (Å²) >= 11 is 0. The highest BCUT2D eigenvalue weighted by Gasteiger charge is 2.12. The molecule has 33 heavy (non-hydrogen) atoms. The van der Waals surface area contributed by atoms with E-state index in [0.29, 0.717) is 29.3 Å². The molecule has 3 rings (SSSR count). The molecule has 0 saturated carbocycles. The third kappa shape index (κ3) is 6.10. The Hall–Kier alpha value is -4.33. The molecule has 0 aliphatic rings. The molecule has 0 unspecified atom stereocenters. The highest BCUT2D eigenvalue weighted by molar-refractivity contribution is 6.07. The summed E-state index contributed by atoms with van der Waals surface area (Å²) < 4.78 is 21.1. The summed E-state index contributed by atoms with van der Waals surface area (Å²) in [6.45, 7) is 1.54. The summed E-state index contributed by atoms with van der Waals surface area (Å²) in [6, 6.07) is 14.8. The number of esters is 1. The van der Waals surface area contributed by atoms with Crippen LogP contribution < -0.4 is 9.47 Å². The van der Waals surface area contributed by atoms with E-state index in [9.17, 15) is 14.4 Å². The Morgan fingerprint density at radius 1 is 0.970 bits per heavy atom. The Morgan fingerprint density at radius 3 is 2.36 bits per heavy atom. The van der Waals surface area contributed by atoms with E-state index in [-0.39, 0.29) is 23.3 Å². The predicted octanol–water partition coefficient (Wildman–Crippen LogP) is 4.49. The van der Waals surface area contributed by atoms with Crippen molar-refractivity contribution in [2.24, 2.45) is 0 Å². The van der Waals surface area contributed by atoms with Gasteiger partial charge in [0.05, 0.1) is 19.3 Å². The van der Waals surface area contributed by atoms with Crippen LogP contribution in [0.3, 0.4) is 0 Å². The van der Waals surface area contributed by atoms with Crippen LogP contribution in [0.15, 0.2) is 65.1 Å². The number of benzene rings is 2. The van der Waals surface area contributed by atoms with E-state index in [4.69, 9.17) is 23.7 Å². The summed E-state index contributed by atoms with van der Waals surface area (Å²) in [7, 11) is 1.40. The molecular weight excluding hydrogens is 428 g/mol. The van der Waals surface area contributed by atoms with Crippen LogP contribution in [0, 0.1) is 0 Å². The van der Waals surface area contributed by atoms with Crippen LogP contribution in [0.25, 0.3) is 17.4 Å². The van der Waals surface area contributed by atoms with Crippen LogP contribution in [-0.2, 0) is 9.53 Å². The van der Waals surface area contributed by atoms with Crippen LogP contribution in [-0.4, -0.2) is 43.2 Å². The van der Waals surface area contributed by atoms with E-state index in [1.165, 1.54) is 31.4 Å². The highest BCUT2D eigenvalue weighted by Crippen LogP contribution is 2.29. The fourth-order valence-corrected chi connectivity index (χ4v) is 2.92. The number of carboxylic acid groups (broad SMARTS) is 1. The van der Waals surface area contributed by atoms with Gasteiger partial charge in [0.1, 0.15) is 11.5 Å². The fraction of sp³-hybridized carbons (Fsp3) is 0.160. The first-order chi connectivity index (χ1) is 15.9. The summed E-state index contributed by atoms with van der Waals surface area (Å²) in [5.74, 6) is -0.265. The Bertz CT molecular complexity index is 1170. The van der Waals surface area contributed by atoms with Gasteiger partial charge in [0.2, 0.25) is 0 Å². The van der Waals surface area contributed by atoms with Crippen molar-refractivity contribution in [1.29, 1.82) is 0 Å². The number of furan rings is 1. The maximum atomic E-state index is 12.5. The lowest BCUT2D eigenvalue weighted by molar-refractivity contribution is -0.139. The minimum atomic E-state index is -1.12. The number of rotatable bonds is 10. The first kappa shape index (κ1) is 23.3. The number of methoxy groups -OCH3 is 1. The van der Waals surface area contributed by atoms with Gasteiger partial charge >= 0.3 is 11.9 Å². The lowest BCUT2D eigenvalue weighted by Gasteiger charge is -2.09. The van der Waals surface area contributed by atoms with Crippen molar-refractivity contribution >= 4 is 23.8 Å². The van der Waals surface area contributed by atoms with E-state index < -0.39 is 12.6 Å². The number of carbonyl (C=O) groups is 3. The third-order valence-corrected chi connectivity index (χ3v) is 4.51. The van der Waals surface area contributed by atoms with Crippen molar-refractivity contribution in [3.8, 4) is 22.8 Å². The first-order valence-corrected chi connectivity index (χ1v) is 10.0. The number of ketones is 1. The summed E-state index contributed by atoms with van der Waals surface area (Å²) in [5, 5.41) is 8.73. The quantitative estimate of drug-likeness (QED) is 0.273. The Labute approximate surface area is 190 Å². The van der Waals surface area contributed by atoms with Crippen molar-refractivity contribution in [3.05, 3.63) is 77.6 Å². The molecule has 1 heterocycles. The van der Waals surface area contributed by atoms with E-state index in [1.807, 2.05) is 0 Å². The van der Waals surface area contributed by atoms with Crippen molar-refractivity contribution in [1.82, 2.24) is 0 Å². The van der Waals surface area contributed by atoms with Crippen molar-refractivity contribution in [2.45, 2.75) is 6.92 Å². The summed E-state index contributed by atoms with van der Waals surface area (Å²) in [4.78, 5) is 35.0. The standard InChI is InChI=1S/C25H22O8/c1-3-31-25(29)17-6-4-16(5-7-17)21-13-10-19(33-21)9-11-20(26)18-8-12-22(23(14-18)30-2)32-15-24(27)28/h4-14H,3,15H2,1-2H3,(H,27,28)/b11-9+. The Balaban J connectivity index is 1.69. The average molecular weight is 450 g/mol. The summed E-state index contributed by atoms with van der Waals surface area (Å²) in [6.07, 6.45) is 2.90. The van der Waals surface area contributed by atoms with Gasteiger partial charge in [-0.05, 0) is 61.5 Å². The normalized spacial score (nSPS) is 10.7. The molecule has 0 fully saturated rings. The molecule has 0 spiro atoms. The maximum Gasteiger partial charge on any atom is 0.341 e. The second kappa shape index (κ2) is 10.8. The highest BCUT2D eigenvalue weighted by atomic mass is 16.5. The molecular formula is C25H22O8. The lowest BCUT2D eigenvalue weighted by atomic mass is 10.1. The molecule has 170 valence electrons. The van der Waals surface area contributed by atoms with E-state index in [2.05, 4.69) is 0 Å². The van der Waals surface area contributed by atoms with Gasteiger partial charge in [-0.3, -0.25) is 4.79 Å². The van der Waals surface area contributed by atoms with Gasteiger partial charge in [0, 0.05) is 11.1 Å². The largest absolute Gasteiger partial charge is 0.493 e. The van der Waals surface area contributed by atoms with Gasteiger partial charge < -0.3 is 23.7 Å². The van der Waals surface area contributed by atoms with Crippen molar-refractivity contribution in [2.75, 3.05) is 20.3 Å². The van der Waals surface area contributed by atoms with Gasteiger partial charge in [0.25, 0.3) is 0 Å². The molecule has 0 atom stereocenters. The van der Waals surface area contributed by atoms with Crippen molar-refractivity contribution < 1.29 is 38.1 Å². The Kier molecular flexibility index (Phi) is 7.64. The fourth-order valence-electron chi connectivity index (χ4n) is 2.92. The molecule has 0 aliphatic carbocycles. The molecule has 0 aliphatic heterocycles. The number of allylic oxidation sites excluding steroid dienone is 1. The number of carbonyl (C=O) groups excluding carboxylic acids is 2. The van der Waals surface area contributed by atoms with Gasteiger partial charge in [0.15, 0.2) is 23.9 Å². The van der Waals surface area contributed by atoms with Crippen molar-refractivity contribution in [3.63, 3.8) is 0 Å². The van der Waals surface area contributed by atoms with E-state index in [0.717, 1.165) is 5.56 Å². The molecule has 0 amide bonds. The molecule has 3 aromatic rings. The van der Waals surface area contributed by atoms with Gasteiger partial charge in [-0.15, -0.1) is 0 Å². The molecule has 0 saturated heterocycles. The lowest BCUT2D eigenvalue weighted by Crippen LogP contribution is -2.10. The molecule has 8 nitrogen and oxygen atoms in total. The smallest absolute Gasteiger partial charge is 0.341 e. The average Bonchev–Trinajstić information content (AvgIpc) is 3.30. The number of carboxylic acids is 1. The third-order valence-electron chi connectivity index (χ3n) is 4.51. The van der Waals surface area contributed by atoms with Gasteiger partial charge in [-0.2, -0.15) is 0 Å². The van der Waals surface area contributed by atoms with Crippen LogP contribution in [0.4, 0.5) is 0 Å². The summed E-state index contributed by atoms with van der Waals surface area (Å²) in [5.41, 5.74) is 1.57. The second-order valence-corrected chi connectivity index (χ2v) is 6.75. The molecule has 0 bridgehead atoms. The number of ether oxygens (including phenoxy) is 3. The number of aliphatic carboxylic acids is 1. The zero-order valence-electron chi connectivity index (χ0n) is 18.1. The monoisotopic (exact) mass is 450 g/mol.